The van der Waals surface area contributed by atoms with Gasteiger partial charge in [0.05, 0.1) is 17.7 Å². The molecule has 26 heavy (non-hydrogen) atoms. The van der Waals surface area contributed by atoms with E-state index in [9.17, 15) is 9.18 Å². The molecule has 0 aliphatic heterocycles. The van der Waals surface area contributed by atoms with Crippen molar-refractivity contribution in [2.45, 2.75) is 11.7 Å². The molecule has 0 bridgehead atoms. The summed E-state index contributed by atoms with van der Waals surface area (Å²) in [4.78, 5) is 12.1. The molecule has 1 amide bonds. The molecular weight excluding hydrogens is 423 g/mol. The number of hydrogen-bond donors (Lipinski definition) is 1. The van der Waals surface area contributed by atoms with Crippen LogP contribution in [0.15, 0.2) is 63.3 Å². The summed E-state index contributed by atoms with van der Waals surface area (Å²) in [5.74, 6) is 0.337. The zero-order valence-corrected chi connectivity index (χ0v) is 15.9. The van der Waals surface area contributed by atoms with Gasteiger partial charge >= 0.3 is 0 Å². The third-order valence-corrected chi connectivity index (χ3v) is 4.77. The van der Waals surface area contributed by atoms with Crippen LogP contribution in [0.3, 0.4) is 0 Å². The number of nitrogens with one attached hydrogen (secondary N) is 1. The maximum Gasteiger partial charge on any atom is 0.234 e. The van der Waals surface area contributed by atoms with E-state index in [1.54, 1.807) is 35.1 Å². The first-order valence-corrected chi connectivity index (χ1v) is 9.32. The number of amides is 1. The smallest absolute Gasteiger partial charge is 0.234 e. The van der Waals surface area contributed by atoms with Gasteiger partial charge in [-0.2, -0.15) is 0 Å². The Balaban J connectivity index is 1.69. The predicted octanol–water partition coefficient (Wildman–Crippen LogP) is 4.36. The number of carbonyl (C=O) groups excluding carboxylic acids is 1. The van der Waals surface area contributed by atoms with Gasteiger partial charge in [-0.1, -0.05) is 33.8 Å². The number of nitrogens with zero attached hydrogens (tertiary/aromatic N) is 3. The largest absolute Gasteiger partial charge is 0.461 e. The van der Waals surface area contributed by atoms with Gasteiger partial charge in [-0.05, 0) is 30.3 Å². The van der Waals surface area contributed by atoms with Crippen LogP contribution in [-0.4, -0.2) is 26.4 Å². The topological polar surface area (TPSA) is 73.0 Å². The van der Waals surface area contributed by atoms with Gasteiger partial charge in [-0.15, -0.1) is 16.8 Å². The van der Waals surface area contributed by atoms with E-state index in [-0.39, 0.29) is 17.3 Å². The van der Waals surface area contributed by atoms with Gasteiger partial charge in [0, 0.05) is 11.0 Å². The third kappa shape index (κ3) is 4.23. The molecule has 0 radical (unpaired) electrons. The lowest BCUT2D eigenvalue weighted by Crippen LogP contribution is -2.15. The first-order chi connectivity index (χ1) is 12.6. The monoisotopic (exact) mass is 436 g/mol. The van der Waals surface area contributed by atoms with Gasteiger partial charge in [0.25, 0.3) is 0 Å². The number of thioether (sulfide) groups is 1. The van der Waals surface area contributed by atoms with Crippen LogP contribution in [0.2, 0.25) is 0 Å². The molecule has 0 aliphatic rings. The van der Waals surface area contributed by atoms with Gasteiger partial charge in [0.15, 0.2) is 10.9 Å². The average molecular weight is 437 g/mol. The average Bonchev–Trinajstić information content (AvgIpc) is 3.26. The van der Waals surface area contributed by atoms with E-state index in [4.69, 9.17) is 4.42 Å². The number of rotatable bonds is 7. The fraction of sp³-hybridized carbons (Fsp3) is 0.118. The molecule has 1 aromatic carbocycles. The maximum absolute atomic E-state index is 13.8. The van der Waals surface area contributed by atoms with Gasteiger partial charge in [0.2, 0.25) is 11.7 Å². The highest BCUT2D eigenvalue weighted by Gasteiger charge is 2.17. The summed E-state index contributed by atoms with van der Waals surface area (Å²) in [5, 5.41) is 11.3. The van der Waals surface area contributed by atoms with Crippen molar-refractivity contribution in [3.63, 3.8) is 0 Å². The normalized spacial score (nSPS) is 10.7. The van der Waals surface area contributed by atoms with Crippen molar-refractivity contribution >= 4 is 39.3 Å². The van der Waals surface area contributed by atoms with Gasteiger partial charge in [-0.3, -0.25) is 9.36 Å². The summed E-state index contributed by atoms with van der Waals surface area (Å²) in [6.45, 7) is 4.19. The molecule has 0 saturated carbocycles. The highest BCUT2D eigenvalue weighted by atomic mass is 79.9. The van der Waals surface area contributed by atoms with Crippen molar-refractivity contribution in [3.8, 4) is 11.6 Å². The quantitative estimate of drug-likeness (QED) is 0.440. The Bertz CT molecular complexity index is 927. The molecule has 134 valence electrons. The van der Waals surface area contributed by atoms with Crippen LogP contribution in [0.1, 0.15) is 0 Å². The standard InChI is InChI=1S/C17H14BrFN4O2S/c1-2-7-23-16(14-4-3-8-25-14)21-22-17(23)26-10-15(24)20-13-6-5-11(18)9-12(13)19/h2-6,8-9H,1,7,10H2,(H,20,24). The minimum atomic E-state index is -0.507. The minimum Gasteiger partial charge on any atom is -0.461 e. The SMILES string of the molecule is C=CCn1c(SCC(=O)Nc2ccc(Br)cc2F)nnc1-c1ccco1. The van der Waals surface area contributed by atoms with E-state index in [2.05, 4.69) is 38.0 Å². The van der Waals surface area contributed by atoms with Crippen LogP contribution in [-0.2, 0) is 11.3 Å². The van der Waals surface area contributed by atoms with E-state index in [0.717, 1.165) is 0 Å². The van der Waals surface area contributed by atoms with Crippen molar-refractivity contribution in [2.24, 2.45) is 0 Å². The fourth-order valence-corrected chi connectivity index (χ4v) is 3.27. The second kappa shape index (κ2) is 8.33. The molecule has 0 saturated heterocycles. The molecular formula is C17H14BrFN4O2S. The summed E-state index contributed by atoms with van der Waals surface area (Å²) in [5.41, 5.74) is 0.127. The van der Waals surface area contributed by atoms with Gasteiger partial charge in [-0.25, -0.2) is 4.39 Å². The van der Waals surface area contributed by atoms with Crippen molar-refractivity contribution < 1.29 is 13.6 Å². The third-order valence-electron chi connectivity index (χ3n) is 3.31. The van der Waals surface area contributed by atoms with Crippen LogP contribution in [0, 0.1) is 5.82 Å². The van der Waals surface area contributed by atoms with Crippen molar-refractivity contribution in [3.05, 3.63) is 59.5 Å². The highest BCUT2D eigenvalue weighted by molar-refractivity contribution is 9.10. The lowest BCUT2D eigenvalue weighted by Gasteiger charge is -2.08. The van der Waals surface area contributed by atoms with E-state index in [1.165, 1.54) is 23.9 Å². The molecule has 6 nitrogen and oxygen atoms in total. The van der Waals surface area contributed by atoms with Crippen LogP contribution >= 0.6 is 27.7 Å². The molecule has 0 atom stereocenters. The second-order valence-corrected chi connectivity index (χ2v) is 7.00. The van der Waals surface area contributed by atoms with Crippen molar-refractivity contribution in [1.29, 1.82) is 0 Å². The van der Waals surface area contributed by atoms with Crippen LogP contribution in [0.25, 0.3) is 11.6 Å². The first-order valence-electron chi connectivity index (χ1n) is 7.54. The van der Waals surface area contributed by atoms with Gasteiger partial charge in [0.1, 0.15) is 5.82 Å². The number of aromatic nitrogens is 3. The predicted molar refractivity (Wildman–Crippen MR) is 101 cm³/mol. The van der Waals surface area contributed by atoms with E-state index < -0.39 is 5.82 Å². The number of allylic oxidation sites excluding steroid dienone is 1. The lowest BCUT2D eigenvalue weighted by molar-refractivity contribution is -0.113. The molecule has 2 aromatic heterocycles. The number of halogens is 2. The zero-order valence-electron chi connectivity index (χ0n) is 13.5. The number of benzene rings is 1. The number of anilines is 1. The summed E-state index contributed by atoms with van der Waals surface area (Å²) in [6, 6.07) is 7.98. The van der Waals surface area contributed by atoms with E-state index >= 15 is 0 Å². The second-order valence-electron chi connectivity index (χ2n) is 5.14. The molecule has 1 N–H and O–H groups in total. The summed E-state index contributed by atoms with van der Waals surface area (Å²) >= 11 is 4.37. The van der Waals surface area contributed by atoms with Gasteiger partial charge < -0.3 is 9.73 Å². The molecule has 2 heterocycles. The molecule has 9 heteroatoms. The molecule has 3 aromatic rings. The molecule has 0 spiro atoms. The molecule has 0 fully saturated rings. The first kappa shape index (κ1) is 18.4. The summed E-state index contributed by atoms with van der Waals surface area (Å²) in [7, 11) is 0. The highest BCUT2D eigenvalue weighted by Crippen LogP contribution is 2.25. The fourth-order valence-electron chi connectivity index (χ4n) is 2.18. The molecule has 3 rings (SSSR count). The summed E-state index contributed by atoms with van der Waals surface area (Å²) in [6.07, 6.45) is 3.26. The van der Waals surface area contributed by atoms with Crippen LogP contribution < -0.4 is 5.32 Å². The van der Waals surface area contributed by atoms with E-state index in [1.807, 2.05) is 0 Å². The minimum absolute atomic E-state index is 0.0585. The summed E-state index contributed by atoms with van der Waals surface area (Å²) < 4.78 is 21.6. The Kier molecular flexibility index (Phi) is 5.89. The van der Waals surface area contributed by atoms with Crippen molar-refractivity contribution in [2.75, 3.05) is 11.1 Å². The number of hydrogen-bond acceptors (Lipinski definition) is 5. The molecule has 0 aliphatic carbocycles. The number of carbonyl (C=O) groups is 1. The van der Waals surface area contributed by atoms with E-state index in [0.29, 0.717) is 27.8 Å². The number of furan rings is 1. The van der Waals surface area contributed by atoms with Crippen LogP contribution in [0.4, 0.5) is 10.1 Å². The van der Waals surface area contributed by atoms with Crippen molar-refractivity contribution in [1.82, 2.24) is 14.8 Å². The molecule has 0 unspecified atom stereocenters. The Morgan fingerprint density at radius 2 is 2.27 bits per heavy atom. The lowest BCUT2D eigenvalue weighted by atomic mass is 10.3. The Hall–Kier alpha value is -2.39. The maximum atomic E-state index is 13.8. The van der Waals surface area contributed by atoms with Crippen LogP contribution in [0.5, 0.6) is 0 Å². The Morgan fingerprint density at radius 3 is 2.96 bits per heavy atom. The Labute approximate surface area is 161 Å². The Morgan fingerprint density at radius 1 is 1.42 bits per heavy atom. The zero-order chi connectivity index (χ0) is 18.5.